The second kappa shape index (κ2) is 6.23. The first-order valence-corrected chi connectivity index (χ1v) is 7.37. The number of fused-ring (bicyclic) bond motifs is 1. The third-order valence-electron chi connectivity index (χ3n) is 3.58. The van der Waals surface area contributed by atoms with Gasteiger partial charge in [-0.1, -0.05) is 6.07 Å². The van der Waals surface area contributed by atoms with E-state index in [0.29, 0.717) is 16.7 Å². The summed E-state index contributed by atoms with van der Waals surface area (Å²) in [4.78, 5) is 24.5. The van der Waals surface area contributed by atoms with Crippen molar-refractivity contribution in [3.05, 3.63) is 52.4 Å². The van der Waals surface area contributed by atoms with Gasteiger partial charge in [0.25, 0.3) is 0 Å². The lowest BCUT2D eigenvalue weighted by molar-refractivity contribution is -0.147. The van der Waals surface area contributed by atoms with E-state index in [9.17, 15) is 9.59 Å². The fourth-order valence-electron chi connectivity index (χ4n) is 2.35. The Balaban J connectivity index is 2.23. The molecule has 0 saturated heterocycles. The first-order chi connectivity index (χ1) is 11.5. The summed E-state index contributed by atoms with van der Waals surface area (Å²) in [5, 5.41) is 0.364. The van der Waals surface area contributed by atoms with Crippen LogP contribution < -0.4 is 10.2 Å². The molecule has 1 aromatic carbocycles. The molecule has 3 aromatic rings. The quantitative estimate of drug-likeness (QED) is 0.684. The molecular weight excluding hydrogens is 312 g/mol. The predicted octanol–water partition coefficient (Wildman–Crippen LogP) is 3.30. The summed E-state index contributed by atoms with van der Waals surface area (Å²) >= 11 is 0. The first-order valence-electron chi connectivity index (χ1n) is 7.37. The highest BCUT2D eigenvalue weighted by atomic mass is 16.6. The van der Waals surface area contributed by atoms with Crippen LogP contribution >= 0.6 is 0 Å². The molecule has 0 amide bonds. The second-order valence-electron chi connectivity index (χ2n) is 5.35. The highest BCUT2D eigenvalue weighted by Gasteiger charge is 2.24. The van der Waals surface area contributed by atoms with Crippen LogP contribution in [0.5, 0.6) is 5.75 Å². The Labute approximate surface area is 137 Å². The number of rotatable bonds is 4. The van der Waals surface area contributed by atoms with Crippen molar-refractivity contribution in [2.75, 3.05) is 7.11 Å². The van der Waals surface area contributed by atoms with Crippen LogP contribution in [0.25, 0.3) is 22.5 Å². The summed E-state index contributed by atoms with van der Waals surface area (Å²) in [6, 6.07) is 8.55. The zero-order chi connectivity index (χ0) is 17.3. The lowest BCUT2D eigenvalue weighted by atomic mass is 10.1. The SMILES string of the molecule is COC(=O)[C@@H](C)Oc1c(-c2ccco2)oc2cc(C)ccc2c1=O. The van der Waals surface area contributed by atoms with Crippen molar-refractivity contribution in [1.82, 2.24) is 0 Å². The minimum atomic E-state index is -0.963. The van der Waals surface area contributed by atoms with Crippen LogP contribution in [0, 0.1) is 6.92 Å². The standard InChI is InChI=1S/C18H16O6/c1-10-6-7-12-14(9-10)24-16(13-5-4-8-22-13)17(15(12)19)23-11(2)18(20)21-3/h4-9,11H,1-3H3/t11-/m1/s1. The molecule has 24 heavy (non-hydrogen) atoms. The molecule has 0 N–H and O–H groups in total. The third-order valence-corrected chi connectivity index (χ3v) is 3.58. The molecule has 0 aliphatic carbocycles. The van der Waals surface area contributed by atoms with E-state index < -0.39 is 12.1 Å². The minimum absolute atomic E-state index is 0.0841. The molecule has 0 radical (unpaired) electrons. The van der Waals surface area contributed by atoms with Gasteiger partial charge in [0.1, 0.15) is 5.58 Å². The van der Waals surface area contributed by atoms with Crippen molar-refractivity contribution >= 4 is 16.9 Å². The Morgan fingerprint density at radius 3 is 2.71 bits per heavy atom. The van der Waals surface area contributed by atoms with Gasteiger partial charge in [0.05, 0.1) is 18.8 Å². The summed E-state index contributed by atoms with van der Waals surface area (Å²) in [6.07, 6.45) is 0.498. The van der Waals surface area contributed by atoms with E-state index in [2.05, 4.69) is 4.74 Å². The van der Waals surface area contributed by atoms with Crippen LogP contribution in [0.3, 0.4) is 0 Å². The normalized spacial score (nSPS) is 12.1. The minimum Gasteiger partial charge on any atom is -0.471 e. The van der Waals surface area contributed by atoms with Gasteiger partial charge >= 0.3 is 5.97 Å². The summed E-state index contributed by atoms with van der Waals surface area (Å²) in [6.45, 7) is 3.40. The average Bonchev–Trinajstić information content (AvgIpc) is 3.10. The van der Waals surface area contributed by atoms with E-state index >= 15 is 0 Å². The van der Waals surface area contributed by atoms with E-state index in [1.54, 1.807) is 30.3 Å². The maximum Gasteiger partial charge on any atom is 0.346 e. The number of benzene rings is 1. The molecule has 0 aliphatic heterocycles. The Morgan fingerprint density at radius 2 is 2.04 bits per heavy atom. The van der Waals surface area contributed by atoms with Gasteiger partial charge in [-0.2, -0.15) is 0 Å². The molecule has 0 fully saturated rings. The summed E-state index contributed by atoms with van der Waals surface area (Å²) in [5.41, 5.74) is 0.996. The Kier molecular flexibility index (Phi) is 4.12. The van der Waals surface area contributed by atoms with Crippen molar-refractivity contribution in [2.24, 2.45) is 0 Å². The summed E-state index contributed by atoms with van der Waals surface area (Å²) in [5.74, 6) is -0.204. The van der Waals surface area contributed by atoms with Crippen molar-refractivity contribution < 1.29 is 23.1 Å². The van der Waals surface area contributed by atoms with E-state index in [1.807, 2.05) is 6.92 Å². The number of carbonyl (C=O) groups is 1. The van der Waals surface area contributed by atoms with Gasteiger partial charge in [-0.25, -0.2) is 4.79 Å². The number of esters is 1. The van der Waals surface area contributed by atoms with Crippen molar-refractivity contribution in [2.45, 2.75) is 20.0 Å². The number of hydrogen-bond acceptors (Lipinski definition) is 6. The van der Waals surface area contributed by atoms with Crippen LogP contribution in [0.2, 0.25) is 0 Å². The third kappa shape index (κ3) is 2.78. The van der Waals surface area contributed by atoms with Gasteiger partial charge < -0.3 is 18.3 Å². The lowest BCUT2D eigenvalue weighted by Gasteiger charge is -2.14. The topological polar surface area (TPSA) is 78.9 Å². The van der Waals surface area contributed by atoms with E-state index in [1.165, 1.54) is 20.3 Å². The molecule has 0 saturated carbocycles. The molecule has 2 aromatic heterocycles. The molecule has 6 nitrogen and oxygen atoms in total. The molecular formula is C18H16O6. The van der Waals surface area contributed by atoms with Crippen molar-refractivity contribution in [1.29, 1.82) is 0 Å². The Hall–Kier alpha value is -3.02. The highest BCUT2D eigenvalue weighted by molar-refractivity contribution is 5.82. The Bertz CT molecular complexity index is 936. The summed E-state index contributed by atoms with van der Waals surface area (Å²) < 4.78 is 21.4. The molecule has 124 valence electrons. The van der Waals surface area contributed by atoms with Gasteiger partial charge in [-0.3, -0.25) is 4.79 Å². The lowest BCUT2D eigenvalue weighted by Crippen LogP contribution is -2.27. The van der Waals surface area contributed by atoms with Crippen molar-refractivity contribution in [3.63, 3.8) is 0 Å². The number of furan rings is 1. The van der Waals surface area contributed by atoms with Crippen LogP contribution in [0.15, 0.2) is 50.2 Å². The smallest absolute Gasteiger partial charge is 0.346 e. The van der Waals surface area contributed by atoms with Gasteiger partial charge in [0, 0.05) is 0 Å². The molecule has 0 spiro atoms. The molecule has 0 aliphatic rings. The van der Waals surface area contributed by atoms with Crippen LogP contribution in [0.1, 0.15) is 12.5 Å². The van der Waals surface area contributed by atoms with Gasteiger partial charge in [-0.05, 0) is 43.7 Å². The fourth-order valence-corrected chi connectivity index (χ4v) is 2.35. The Morgan fingerprint density at radius 1 is 1.25 bits per heavy atom. The number of methoxy groups -OCH3 is 1. The van der Waals surface area contributed by atoms with Crippen molar-refractivity contribution in [3.8, 4) is 17.3 Å². The predicted molar refractivity (Wildman–Crippen MR) is 87.0 cm³/mol. The van der Waals surface area contributed by atoms with E-state index in [0.717, 1.165) is 5.56 Å². The zero-order valence-electron chi connectivity index (χ0n) is 13.5. The number of aryl methyl sites for hydroxylation is 1. The second-order valence-corrected chi connectivity index (χ2v) is 5.35. The molecule has 2 heterocycles. The molecule has 0 bridgehead atoms. The number of carbonyl (C=O) groups excluding carboxylic acids is 1. The van der Waals surface area contributed by atoms with Gasteiger partial charge in [0.15, 0.2) is 11.9 Å². The van der Waals surface area contributed by atoms with Crippen LogP contribution in [0.4, 0.5) is 0 Å². The molecule has 0 unspecified atom stereocenters. The molecule has 6 heteroatoms. The van der Waals surface area contributed by atoms with E-state index in [-0.39, 0.29) is 16.9 Å². The maximum atomic E-state index is 12.8. The number of hydrogen-bond donors (Lipinski definition) is 0. The van der Waals surface area contributed by atoms with Crippen LogP contribution in [-0.2, 0) is 9.53 Å². The fraction of sp³-hybridized carbons (Fsp3) is 0.222. The van der Waals surface area contributed by atoms with Crippen LogP contribution in [-0.4, -0.2) is 19.2 Å². The number of ether oxygens (including phenoxy) is 2. The van der Waals surface area contributed by atoms with Gasteiger partial charge in [-0.15, -0.1) is 0 Å². The average molecular weight is 328 g/mol. The molecule has 3 rings (SSSR count). The van der Waals surface area contributed by atoms with Gasteiger partial charge in [0.2, 0.25) is 16.9 Å². The first kappa shape index (κ1) is 15.9. The summed E-state index contributed by atoms with van der Waals surface area (Å²) in [7, 11) is 1.25. The maximum absolute atomic E-state index is 12.8. The largest absolute Gasteiger partial charge is 0.471 e. The van der Waals surface area contributed by atoms with E-state index in [4.69, 9.17) is 13.6 Å². The molecule has 1 atom stereocenters. The highest BCUT2D eigenvalue weighted by Crippen LogP contribution is 2.32. The monoisotopic (exact) mass is 328 g/mol. The zero-order valence-corrected chi connectivity index (χ0v) is 13.5.